The van der Waals surface area contributed by atoms with Gasteiger partial charge in [-0.3, -0.25) is 0 Å². The third-order valence-electron chi connectivity index (χ3n) is 6.60. The van der Waals surface area contributed by atoms with Gasteiger partial charge in [0.25, 0.3) is 0 Å². The van der Waals surface area contributed by atoms with Gasteiger partial charge in [-0.25, -0.2) is 0 Å². The molecule has 3 heteroatoms. The SMILES string of the molecule is CC1(C)CC(c2cccc(C(F)(F)F)c2)Cc2ccc3c(ccc4ccccc43)c21. The average molecular weight is 404 g/mol. The fourth-order valence-corrected chi connectivity index (χ4v) is 5.36. The van der Waals surface area contributed by atoms with Crippen molar-refractivity contribution in [3.8, 4) is 0 Å². The molecule has 152 valence electrons. The van der Waals surface area contributed by atoms with E-state index in [-0.39, 0.29) is 11.3 Å². The van der Waals surface area contributed by atoms with Crippen molar-refractivity contribution >= 4 is 21.5 Å². The monoisotopic (exact) mass is 404 g/mol. The van der Waals surface area contributed by atoms with Crippen LogP contribution in [-0.4, -0.2) is 0 Å². The maximum absolute atomic E-state index is 13.2. The molecular weight excluding hydrogens is 381 g/mol. The number of benzene rings is 4. The first-order chi connectivity index (χ1) is 14.2. The van der Waals surface area contributed by atoms with Crippen LogP contribution in [0.4, 0.5) is 13.2 Å². The van der Waals surface area contributed by atoms with E-state index >= 15 is 0 Å². The van der Waals surface area contributed by atoms with Crippen LogP contribution < -0.4 is 0 Å². The van der Waals surface area contributed by atoms with E-state index < -0.39 is 11.7 Å². The van der Waals surface area contributed by atoms with E-state index in [1.807, 2.05) is 6.07 Å². The quantitative estimate of drug-likeness (QED) is 0.282. The summed E-state index contributed by atoms with van der Waals surface area (Å²) in [7, 11) is 0. The lowest BCUT2D eigenvalue weighted by Crippen LogP contribution is -2.29. The number of rotatable bonds is 1. The first-order valence-electron chi connectivity index (χ1n) is 10.3. The number of hydrogen-bond acceptors (Lipinski definition) is 0. The molecule has 5 rings (SSSR count). The van der Waals surface area contributed by atoms with Crippen LogP contribution in [-0.2, 0) is 18.0 Å². The third kappa shape index (κ3) is 3.08. The Morgan fingerprint density at radius 1 is 0.800 bits per heavy atom. The Bertz CT molecular complexity index is 1260. The van der Waals surface area contributed by atoms with Crippen LogP contribution in [0.5, 0.6) is 0 Å². The van der Waals surface area contributed by atoms with Crippen molar-refractivity contribution in [1.82, 2.24) is 0 Å². The zero-order valence-corrected chi connectivity index (χ0v) is 17.1. The second-order valence-electron chi connectivity index (χ2n) is 9.09. The summed E-state index contributed by atoms with van der Waals surface area (Å²) in [6, 6.07) is 23.0. The van der Waals surface area contributed by atoms with Gasteiger partial charge < -0.3 is 0 Å². The molecule has 0 saturated heterocycles. The van der Waals surface area contributed by atoms with Gasteiger partial charge in [-0.2, -0.15) is 13.2 Å². The molecule has 1 aliphatic rings. The molecule has 0 amide bonds. The highest BCUT2D eigenvalue weighted by Gasteiger charge is 2.36. The Hall–Kier alpha value is -2.81. The summed E-state index contributed by atoms with van der Waals surface area (Å²) in [5, 5.41) is 4.98. The number of alkyl halides is 3. The third-order valence-corrected chi connectivity index (χ3v) is 6.60. The first kappa shape index (κ1) is 19.2. The zero-order chi connectivity index (χ0) is 21.1. The standard InChI is InChI=1S/C27H23F3/c1-26(2)16-20(18-7-5-8-21(15-18)27(28,29)30)14-19-11-12-23-22-9-4-3-6-17(22)10-13-24(23)25(19)26/h3-13,15,20H,14,16H2,1-2H3. The molecule has 0 N–H and O–H groups in total. The second kappa shape index (κ2) is 6.60. The van der Waals surface area contributed by atoms with E-state index in [9.17, 15) is 13.2 Å². The van der Waals surface area contributed by atoms with E-state index in [1.54, 1.807) is 0 Å². The van der Waals surface area contributed by atoms with Crippen LogP contribution in [0, 0.1) is 0 Å². The molecule has 0 nitrogen and oxygen atoms in total. The summed E-state index contributed by atoms with van der Waals surface area (Å²) >= 11 is 0. The minimum Gasteiger partial charge on any atom is -0.166 e. The molecule has 0 radical (unpaired) electrons. The summed E-state index contributed by atoms with van der Waals surface area (Å²) in [6.45, 7) is 4.44. The molecule has 4 aromatic rings. The van der Waals surface area contributed by atoms with Crippen molar-refractivity contribution in [1.29, 1.82) is 0 Å². The lowest BCUT2D eigenvalue weighted by molar-refractivity contribution is -0.137. The van der Waals surface area contributed by atoms with Crippen LogP contribution in [0.3, 0.4) is 0 Å². The normalized spacial score (nSPS) is 18.5. The van der Waals surface area contributed by atoms with Gasteiger partial charge in [0, 0.05) is 0 Å². The lowest BCUT2D eigenvalue weighted by atomic mass is 9.65. The van der Waals surface area contributed by atoms with Crippen molar-refractivity contribution < 1.29 is 13.2 Å². The molecule has 1 atom stereocenters. The van der Waals surface area contributed by atoms with Crippen molar-refractivity contribution in [2.24, 2.45) is 0 Å². The van der Waals surface area contributed by atoms with Gasteiger partial charge in [0.15, 0.2) is 0 Å². The Morgan fingerprint density at radius 3 is 2.37 bits per heavy atom. The summed E-state index contributed by atoms with van der Waals surface area (Å²) in [5.74, 6) is 0.0766. The highest BCUT2D eigenvalue weighted by Crippen LogP contribution is 2.47. The molecule has 0 heterocycles. The average Bonchev–Trinajstić information content (AvgIpc) is 2.72. The van der Waals surface area contributed by atoms with Gasteiger partial charge in [-0.15, -0.1) is 0 Å². The van der Waals surface area contributed by atoms with E-state index in [2.05, 4.69) is 62.4 Å². The topological polar surface area (TPSA) is 0 Å². The van der Waals surface area contributed by atoms with Crippen LogP contribution in [0.2, 0.25) is 0 Å². The van der Waals surface area contributed by atoms with Crippen molar-refractivity contribution in [3.05, 3.63) is 95.1 Å². The fraction of sp³-hybridized carbons (Fsp3) is 0.259. The van der Waals surface area contributed by atoms with Gasteiger partial charge in [0.1, 0.15) is 0 Å². The van der Waals surface area contributed by atoms with Crippen molar-refractivity contribution in [3.63, 3.8) is 0 Å². The minimum atomic E-state index is -4.31. The van der Waals surface area contributed by atoms with E-state index in [4.69, 9.17) is 0 Å². The summed E-state index contributed by atoms with van der Waals surface area (Å²) in [6.07, 6.45) is -2.72. The highest BCUT2D eigenvalue weighted by molar-refractivity contribution is 6.09. The molecule has 1 unspecified atom stereocenters. The predicted octanol–water partition coefficient (Wildman–Crippen LogP) is 8.02. The van der Waals surface area contributed by atoms with Gasteiger partial charge in [-0.05, 0) is 68.5 Å². The molecule has 0 aromatic heterocycles. The van der Waals surface area contributed by atoms with E-state index in [1.165, 1.54) is 44.8 Å². The molecule has 0 saturated carbocycles. The minimum absolute atomic E-state index is 0.0766. The molecule has 0 spiro atoms. The number of halogens is 3. The Kier molecular flexibility index (Phi) is 4.22. The van der Waals surface area contributed by atoms with Gasteiger partial charge in [-0.1, -0.05) is 80.6 Å². The Morgan fingerprint density at radius 2 is 1.57 bits per heavy atom. The van der Waals surface area contributed by atoms with Gasteiger partial charge in [0.05, 0.1) is 5.56 Å². The van der Waals surface area contributed by atoms with Crippen molar-refractivity contribution in [2.75, 3.05) is 0 Å². The number of hydrogen-bond donors (Lipinski definition) is 0. The smallest absolute Gasteiger partial charge is 0.166 e. The van der Waals surface area contributed by atoms with Gasteiger partial charge >= 0.3 is 6.18 Å². The summed E-state index contributed by atoms with van der Waals surface area (Å²) in [4.78, 5) is 0. The van der Waals surface area contributed by atoms with Crippen LogP contribution in [0.1, 0.15) is 48.4 Å². The molecule has 4 aromatic carbocycles. The van der Waals surface area contributed by atoms with Crippen LogP contribution in [0.15, 0.2) is 72.8 Å². The molecular formula is C27H23F3. The van der Waals surface area contributed by atoms with Crippen LogP contribution >= 0.6 is 0 Å². The summed E-state index contributed by atoms with van der Waals surface area (Å²) < 4.78 is 39.7. The largest absolute Gasteiger partial charge is 0.416 e. The molecule has 30 heavy (non-hydrogen) atoms. The Balaban J connectivity index is 1.64. The molecule has 0 aliphatic heterocycles. The fourth-order valence-electron chi connectivity index (χ4n) is 5.36. The molecule has 0 bridgehead atoms. The van der Waals surface area contributed by atoms with E-state index in [0.717, 1.165) is 24.5 Å². The predicted molar refractivity (Wildman–Crippen MR) is 117 cm³/mol. The lowest BCUT2D eigenvalue weighted by Gasteiger charge is -2.39. The first-order valence-corrected chi connectivity index (χ1v) is 10.3. The maximum Gasteiger partial charge on any atom is 0.416 e. The van der Waals surface area contributed by atoms with E-state index in [0.29, 0.717) is 0 Å². The highest BCUT2D eigenvalue weighted by atomic mass is 19.4. The zero-order valence-electron chi connectivity index (χ0n) is 17.1. The van der Waals surface area contributed by atoms with Crippen LogP contribution in [0.25, 0.3) is 21.5 Å². The van der Waals surface area contributed by atoms with Gasteiger partial charge in [0.2, 0.25) is 0 Å². The second-order valence-corrected chi connectivity index (χ2v) is 9.09. The van der Waals surface area contributed by atoms with Crippen molar-refractivity contribution in [2.45, 2.75) is 44.2 Å². The number of fused-ring (bicyclic) bond motifs is 5. The maximum atomic E-state index is 13.2. The molecule has 1 aliphatic carbocycles. The molecule has 0 fully saturated rings. The Labute approximate surface area is 174 Å². The summed E-state index contributed by atoms with van der Waals surface area (Å²) in [5.41, 5.74) is 2.68.